The molecule has 0 radical (unpaired) electrons. The van der Waals surface area contributed by atoms with E-state index in [0.717, 1.165) is 50.0 Å². The number of nitrogens with zero attached hydrogens (tertiary/aromatic N) is 4. The Balaban J connectivity index is 0. The van der Waals surface area contributed by atoms with E-state index in [9.17, 15) is 4.79 Å². The Morgan fingerprint density at radius 3 is 2.41 bits per heavy atom. The van der Waals surface area contributed by atoms with Crippen LogP contribution in [-0.2, 0) is 13.0 Å². The van der Waals surface area contributed by atoms with Crippen LogP contribution in [0.15, 0.2) is 67.5 Å². The van der Waals surface area contributed by atoms with Gasteiger partial charge in [0.1, 0.15) is 11.5 Å². The second kappa shape index (κ2) is 20.7. The number of nitrogens with one attached hydrogen (secondary N) is 3. The van der Waals surface area contributed by atoms with Gasteiger partial charge in [0.25, 0.3) is 5.91 Å². The molecule has 224 valence electrons. The average Bonchev–Trinajstić information content (AvgIpc) is 2.97. The minimum absolute atomic E-state index is 0. The summed E-state index contributed by atoms with van der Waals surface area (Å²) in [5.74, 6) is 0.0848. The van der Waals surface area contributed by atoms with Gasteiger partial charge < -0.3 is 26.2 Å². The van der Waals surface area contributed by atoms with Crippen LogP contribution in [-0.4, -0.2) is 68.5 Å². The largest absolute Gasteiger partial charge is 0.412 e. The first-order valence-electron chi connectivity index (χ1n) is 13.3. The molecule has 0 fully saturated rings. The maximum atomic E-state index is 12.4. The Hall–Kier alpha value is -4.12. The molecule has 6 N–H and O–H groups in total. The van der Waals surface area contributed by atoms with Crippen LogP contribution in [0.3, 0.4) is 0 Å². The van der Waals surface area contributed by atoms with Crippen molar-refractivity contribution in [1.29, 1.82) is 10.8 Å². The van der Waals surface area contributed by atoms with Crippen LogP contribution in [0.1, 0.15) is 67.5 Å². The predicted molar refractivity (Wildman–Crippen MR) is 169 cm³/mol. The van der Waals surface area contributed by atoms with Gasteiger partial charge in [-0.2, -0.15) is 0 Å². The molecule has 0 aliphatic carbocycles. The molecule has 41 heavy (non-hydrogen) atoms. The molecular formula is C31H47N7O3. The number of aryl methyl sites for hydroxylation is 1. The van der Waals surface area contributed by atoms with Gasteiger partial charge >= 0.3 is 0 Å². The minimum Gasteiger partial charge on any atom is -0.412 e. The smallest absolute Gasteiger partial charge is 0.275 e. The van der Waals surface area contributed by atoms with E-state index in [4.69, 9.17) is 15.9 Å². The molecule has 10 nitrogen and oxygen atoms in total. The van der Waals surface area contributed by atoms with Gasteiger partial charge in [-0.3, -0.25) is 20.2 Å². The van der Waals surface area contributed by atoms with Gasteiger partial charge in [0.15, 0.2) is 0 Å². The van der Waals surface area contributed by atoms with Gasteiger partial charge in [-0.15, -0.1) is 0 Å². The SMILES string of the molecule is C=CC(=N)c1cccc(NC(=O)c2cc3c(cn2)CCN(C)C3)n1.CCCCC(C)=N.CO.Cc1ccccn1.O.[HH]. The summed E-state index contributed by atoms with van der Waals surface area (Å²) in [6.07, 6.45) is 9.30. The molecule has 4 rings (SSSR count). The second-order valence-corrected chi connectivity index (χ2v) is 9.16. The normalized spacial score (nSPS) is 11.3. The van der Waals surface area contributed by atoms with Gasteiger partial charge in [-0.1, -0.05) is 32.1 Å². The van der Waals surface area contributed by atoms with Gasteiger partial charge in [0.2, 0.25) is 0 Å². The van der Waals surface area contributed by atoms with E-state index in [1.54, 1.807) is 30.6 Å². The number of aromatic nitrogens is 3. The fraction of sp³-hybridized carbons (Fsp3) is 0.355. The number of rotatable bonds is 7. The van der Waals surface area contributed by atoms with E-state index in [1.165, 1.54) is 24.5 Å². The number of hydrogen-bond acceptors (Lipinski definition) is 8. The Morgan fingerprint density at radius 1 is 1.15 bits per heavy atom. The van der Waals surface area contributed by atoms with Crippen molar-refractivity contribution in [3.8, 4) is 0 Å². The molecule has 0 unspecified atom stereocenters. The van der Waals surface area contributed by atoms with E-state index < -0.39 is 0 Å². The highest BCUT2D eigenvalue weighted by Crippen LogP contribution is 2.18. The molecule has 0 saturated heterocycles. The lowest BCUT2D eigenvalue weighted by molar-refractivity contribution is 0.102. The predicted octanol–water partition coefficient (Wildman–Crippen LogP) is 4.91. The summed E-state index contributed by atoms with van der Waals surface area (Å²) in [4.78, 5) is 27.1. The summed E-state index contributed by atoms with van der Waals surface area (Å²) >= 11 is 0. The number of unbranched alkanes of at least 4 members (excludes halogenated alkanes) is 1. The molecule has 10 heteroatoms. The molecule has 3 aromatic heterocycles. The molecule has 1 amide bonds. The lowest BCUT2D eigenvalue weighted by Crippen LogP contribution is -2.27. The number of anilines is 1. The standard InChI is InChI=1S/C18H19N5O.C6H7N.C6H13N.CH4O.H2O.H2/c1-3-14(19)15-5-4-6-17(21-15)22-18(24)16-9-13-11-23(2)8-7-12(13)10-20-16;1-6-4-2-3-5-7-6;1-3-4-5-6(2)7;1-2;;/h3-6,9-10,19H,1,7-8,11H2,2H3,(H,21,22,24);2-5H,1H3;7H,3-5H2,1-2H3;2H,1H3;1H2;1H. The molecule has 4 heterocycles. The topological polar surface area (TPSA) is 170 Å². The first-order chi connectivity index (χ1) is 19.2. The maximum absolute atomic E-state index is 12.4. The zero-order valence-electron chi connectivity index (χ0n) is 24.9. The molecule has 3 aromatic rings. The van der Waals surface area contributed by atoms with Crippen LogP contribution in [0.2, 0.25) is 0 Å². The maximum Gasteiger partial charge on any atom is 0.275 e. The van der Waals surface area contributed by atoms with E-state index in [1.807, 2.05) is 38.1 Å². The van der Waals surface area contributed by atoms with E-state index >= 15 is 0 Å². The van der Waals surface area contributed by atoms with Crippen molar-refractivity contribution in [2.24, 2.45) is 0 Å². The lowest BCUT2D eigenvalue weighted by Gasteiger charge is -2.24. The summed E-state index contributed by atoms with van der Waals surface area (Å²) in [7, 11) is 3.06. The Morgan fingerprint density at radius 2 is 1.88 bits per heavy atom. The summed E-state index contributed by atoms with van der Waals surface area (Å²) in [6, 6.07) is 12.8. The van der Waals surface area contributed by atoms with E-state index in [2.05, 4.69) is 45.7 Å². The number of aliphatic hydroxyl groups excluding tert-OH is 1. The van der Waals surface area contributed by atoms with Crippen LogP contribution in [0.4, 0.5) is 5.82 Å². The third-order valence-corrected chi connectivity index (χ3v) is 5.71. The van der Waals surface area contributed by atoms with Crippen molar-refractivity contribution >= 4 is 23.1 Å². The quantitative estimate of drug-likeness (QED) is 0.297. The lowest BCUT2D eigenvalue weighted by atomic mass is 10.0. The number of carbonyl (C=O) groups excluding carboxylic acids is 1. The molecule has 1 aliphatic rings. The molecule has 0 saturated carbocycles. The van der Waals surface area contributed by atoms with E-state index in [-0.39, 0.29) is 18.5 Å². The fourth-order valence-corrected chi connectivity index (χ4v) is 3.53. The zero-order valence-corrected chi connectivity index (χ0v) is 24.9. The number of aliphatic hydroxyl groups is 1. The molecule has 0 spiro atoms. The van der Waals surface area contributed by atoms with Crippen molar-refractivity contribution in [2.45, 2.75) is 53.0 Å². The highest BCUT2D eigenvalue weighted by atomic mass is 16.2. The fourth-order valence-electron chi connectivity index (χ4n) is 3.53. The van der Waals surface area contributed by atoms with Gasteiger partial charge in [0, 0.05) is 45.4 Å². The third kappa shape index (κ3) is 14.2. The first kappa shape index (κ1) is 36.9. The van der Waals surface area contributed by atoms with Crippen LogP contribution in [0.25, 0.3) is 0 Å². The second-order valence-electron chi connectivity index (χ2n) is 9.16. The number of hydrogen-bond donors (Lipinski definition) is 4. The summed E-state index contributed by atoms with van der Waals surface area (Å²) in [5.41, 5.74) is 5.26. The first-order valence-corrected chi connectivity index (χ1v) is 13.3. The van der Waals surface area contributed by atoms with Gasteiger partial charge in [0.05, 0.1) is 11.4 Å². The summed E-state index contributed by atoms with van der Waals surface area (Å²) < 4.78 is 0. The van der Waals surface area contributed by atoms with Crippen molar-refractivity contribution in [1.82, 2.24) is 19.9 Å². The Bertz CT molecular complexity index is 1240. The molecule has 1 aliphatic heterocycles. The number of amides is 1. The zero-order chi connectivity index (χ0) is 29.9. The highest BCUT2D eigenvalue weighted by molar-refractivity contribution is 6.06. The number of likely N-dealkylation sites (N-methyl/N-ethyl adjacent to an activating group) is 1. The van der Waals surface area contributed by atoms with Crippen molar-refractivity contribution in [3.63, 3.8) is 0 Å². The Kier molecular flexibility index (Phi) is 18.7. The molecule has 0 aromatic carbocycles. The molecular weight excluding hydrogens is 518 g/mol. The van der Waals surface area contributed by atoms with Crippen molar-refractivity contribution in [3.05, 3.63) is 95.7 Å². The van der Waals surface area contributed by atoms with Crippen molar-refractivity contribution in [2.75, 3.05) is 26.0 Å². The van der Waals surface area contributed by atoms with E-state index in [0.29, 0.717) is 17.2 Å². The molecule has 0 bridgehead atoms. The average molecular weight is 566 g/mol. The van der Waals surface area contributed by atoms with Gasteiger partial charge in [-0.05, 0) is 87.7 Å². The number of fused-ring (bicyclic) bond motifs is 1. The monoisotopic (exact) mass is 565 g/mol. The molecule has 0 atom stereocenters. The van der Waals surface area contributed by atoms with Crippen LogP contribution in [0, 0.1) is 17.7 Å². The minimum atomic E-state index is -0.305. The number of pyridine rings is 3. The summed E-state index contributed by atoms with van der Waals surface area (Å²) in [6.45, 7) is 11.4. The Labute approximate surface area is 245 Å². The highest BCUT2D eigenvalue weighted by Gasteiger charge is 2.17. The van der Waals surface area contributed by atoms with Crippen molar-refractivity contribution < 1.29 is 16.8 Å². The van der Waals surface area contributed by atoms with Gasteiger partial charge in [-0.25, -0.2) is 4.98 Å². The number of allylic oxidation sites excluding steroid dienone is 1. The summed E-state index contributed by atoms with van der Waals surface area (Å²) in [5, 5.41) is 24.5. The number of carbonyl (C=O) groups is 1. The third-order valence-electron chi connectivity index (χ3n) is 5.71. The van der Waals surface area contributed by atoms with Crippen LogP contribution in [0.5, 0.6) is 0 Å². The van der Waals surface area contributed by atoms with Crippen LogP contribution < -0.4 is 5.32 Å². The van der Waals surface area contributed by atoms with Crippen LogP contribution >= 0.6 is 0 Å².